The highest BCUT2D eigenvalue weighted by atomic mass is 14.3. The van der Waals surface area contributed by atoms with Crippen LogP contribution in [0.1, 0.15) is 5.56 Å². The van der Waals surface area contributed by atoms with Crippen LogP contribution >= 0.6 is 0 Å². The highest BCUT2D eigenvalue weighted by Gasteiger charge is 2.26. The van der Waals surface area contributed by atoms with Crippen molar-refractivity contribution in [3.05, 3.63) is 169 Å². The molecular weight excluding hydrogens is 516 g/mol. The normalized spacial score (nSPS) is 11.4. The third-order valence-corrected chi connectivity index (χ3v) is 8.76. The fraction of sp³-hybridized carbons (Fsp3) is 0.0233. The fourth-order valence-electron chi connectivity index (χ4n) is 7.01. The zero-order chi connectivity index (χ0) is 28.8. The highest BCUT2D eigenvalue weighted by Crippen LogP contribution is 2.53. The van der Waals surface area contributed by atoms with Crippen LogP contribution in [0, 0.1) is 6.92 Å². The number of benzene rings is 8. The average Bonchev–Trinajstić information content (AvgIpc) is 3.08. The summed E-state index contributed by atoms with van der Waals surface area (Å²) in [7, 11) is 0. The van der Waals surface area contributed by atoms with Gasteiger partial charge in [-0.25, -0.2) is 0 Å². The average molecular weight is 547 g/mol. The molecule has 0 unspecified atom stereocenters. The second-order valence-corrected chi connectivity index (χ2v) is 11.3. The lowest BCUT2D eigenvalue weighted by molar-refractivity contribution is 1.53. The Labute approximate surface area is 252 Å². The van der Waals surface area contributed by atoms with Gasteiger partial charge in [-0.05, 0) is 89.3 Å². The molecule has 0 nitrogen and oxygen atoms in total. The molecule has 43 heavy (non-hydrogen) atoms. The predicted octanol–water partition coefficient (Wildman–Crippen LogP) is 12.1. The largest absolute Gasteiger partial charge is 0.0622 e. The van der Waals surface area contributed by atoms with Crippen molar-refractivity contribution in [3.63, 3.8) is 0 Å². The van der Waals surface area contributed by atoms with Gasteiger partial charge in [-0.3, -0.25) is 0 Å². The fourth-order valence-corrected chi connectivity index (χ4v) is 7.01. The molecule has 8 aromatic carbocycles. The van der Waals surface area contributed by atoms with Crippen LogP contribution in [0.5, 0.6) is 0 Å². The Hall–Kier alpha value is -5.46. The van der Waals surface area contributed by atoms with Crippen molar-refractivity contribution in [2.75, 3.05) is 0 Å². The van der Waals surface area contributed by atoms with E-state index in [1.807, 2.05) is 0 Å². The number of fused-ring (bicyclic) bond motifs is 3. The standard InChI is InChI=1S/C43H30/c1-29-17-16-28-36-37(29)41(33-24-12-5-13-25-33)43-39(31-20-8-3-9-21-31)35-27-15-14-26-34(35)38(30-18-6-2-7-19-30)42(43)40(36)32-22-10-4-11-23-32/h2-28H,1H3. The number of hydrogen-bond donors (Lipinski definition) is 0. The first-order valence-corrected chi connectivity index (χ1v) is 15.0. The molecule has 8 aromatic rings. The van der Waals surface area contributed by atoms with Crippen molar-refractivity contribution in [3.8, 4) is 44.5 Å². The Bertz CT molecular complexity index is 2250. The monoisotopic (exact) mass is 546 g/mol. The van der Waals surface area contributed by atoms with Crippen molar-refractivity contribution in [2.24, 2.45) is 0 Å². The Morgan fingerprint density at radius 3 is 1.02 bits per heavy atom. The van der Waals surface area contributed by atoms with E-state index in [4.69, 9.17) is 0 Å². The van der Waals surface area contributed by atoms with E-state index in [1.54, 1.807) is 0 Å². The second-order valence-electron chi connectivity index (χ2n) is 11.3. The van der Waals surface area contributed by atoms with E-state index in [2.05, 4.69) is 171 Å². The Kier molecular flexibility index (Phi) is 6.12. The first-order chi connectivity index (χ1) is 21.3. The minimum Gasteiger partial charge on any atom is -0.0622 e. The molecule has 0 amide bonds. The molecule has 0 radical (unpaired) electrons. The summed E-state index contributed by atoms with van der Waals surface area (Å²) in [4.78, 5) is 0. The van der Waals surface area contributed by atoms with Crippen LogP contribution in [0.2, 0.25) is 0 Å². The van der Waals surface area contributed by atoms with Gasteiger partial charge in [0.15, 0.2) is 0 Å². The van der Waals surface area contributed by atoms with Crippen LogP contribution in [0.25, 0.3) is 76.8 Å². The van der Waals surface area contributed by atoms with Gasteiger partial charge in [-0.2, -0.15) is 0 Å². The molecule has 0 aliphatic carbocycles. The van der Waals surface area contributed by atoms with Gasteiger partial charge < -0.3 is 0 Å². The van der Waals surface area contributed by atoms with E-state index in [9.17, 15) is 0 Å². The number of aryl methyl sites for hydroxylation is 1. The molecule has 0 aliphatic rings. The molecule has 0 heterocycles. The number of hydrogen-bond acceptors (Lipinski definition) is 0. The molecule has 8 rings (SSSR count). The predicted molar refractivity (Wildman–Crippen MR) is 185 cm³/mol. The minimum atomic E-state index is 1.23. The molecule has 0 atom stereocenters. The van der Waals surface area contributed by atoms with Gasteiger partial charge in [0.1, 0.15) is 0 Å². The van der Waals surface area contributed by atoms with Crippen molar-refractivity contribution in [1.82, 2.24) is 0 Å². The van der Waals surface area contributed by atoms with E-state index in [0.29, 0.717) is 0 Å². The maximum atomic E-state index is 2.32. The van der Waals surface area contributed by atoms with E-state index in [0.717, 1.165) is 0 Å². The van der Waals surface area contributed by atoms with Crippen LogP contribution in [-0.2, 0) is 0 Å². The summed E-state index contributed by atoms with van der Waals surface area (Å²) in [5.41, 5.74) is 11.4. The van der Waals surface area contributed by atoms with Crippen molar-refractivity contribution >= 4 is 32.3 Å². The molecule has 0 aliphatic heterocycles. The molecular formula is C43H30. The van der Waals surface area contributed by atoms with E-state index < -0.39 is 0 Å². The lowest BCUT2D eigenvalue weighted by Crippen LogP contribution is -1.98. The van der Waals surface area contributed by atoms with E-state index in [1.165, 1.54) is 82.4 Å². The summed E-state index contributed by atoms with van der Waals surface area (Å²) >= 11 is 0. The third kappa shape index (κ3) is 4.07. The van der Waals surface area contributed by atoms with Gasteiger partial charge in [0.05, 0.1) is 0 Å². The van der Waals surface area contributed by atoms with Crippen molar-refractivity contribution in [2.45, 2.75) is 6.92 Å². The van der Waals surface area contributed by atoms with Crippen LogP contribution in [-0.4, -0.2) is 0 Å². The van der Waals surface area contributed by atoms with Gasteiger partial charge in [0, 0.05) is 0 Å². The molecule has 0 spiro atoms. The smallest absolute Gasteiger partial charge is 0.000129 e. The van der Waals surface area contributed by atoms with Crippen molar-refractivity contribution in [1.29, 1.82) is 0 Å². The summed E-state index contributed by atoms with van der Waals surface area (Å²) < 4.78 is 0. The molecule has 0 bridgehead atoms. The maximum Gasteiger partial charge on any atom is -0.000129 e. The van der Waals surface area contributed by atoms with Gasteiger partial charge in [0.25, 0.3) is 0 Å². The Morgan fingerprint density at radius 1 is 0.256 bits per heavy atom. The van der Waals surface area contributed by atoms with Gasteiger partial charge in [-0.1, -0.05) is 164 Å². The molecule has 0 fully saturated rings. The first-order valence-electron chi connectivity index (χ1n) is 15.0. The van der Waals surface area contributed by atoms with Crippen LogP contribution in [0.4, 0.5) is 0 Å². The Balaban J connectivity index is 1.79. The molecule has 0 N–H and O–H groups in total. The number of rotatable bonds is 4. The van der Waals surface area contributed by atoms with Crippen LogP contribution in [0.3, 0.4) is 0 Å². The van der Waals surface area contributed by atoms with Gasteiger partial charge in [0.2, 0.25) is 0 Å². The molecule has 0 saturated carbocycles. The third-order valence-electron chi connectivity index (χ3n) is 8.76. The molecule has 202 valence electrons. The summed E-state index contributed by atoms with van der Waals surface area (Å²) in [5.74, 6) is 0. The molecule has 0 heteroatoms. The highest BCUT2D eigenvalue weighted by molar-refractivity contribution is 6.34. The van der Waals surface area contributed by atoms with Gasteiger partial charge in [-0.15, -0.1) is 0 Å². The Morgan fingerprint density at radius 2 is 0.581 bits per heavy atom. The van der Waals surface area contributed by atoms with E-state index >= 15 is 0 Å². The maximum absolute atomic E-state index is 2.32. The topological polar surface area (TPSA) is 0 Å². The second kappa shape index (κ2) is 10.4. The lowest BCUT2D eigenvalue weighted by Gasteiger charge is -2.26. The quantitative estimate of drug-likeness (QED) is 0.193. The molecule has 0 saturated heterocycles. The zero-order valence-electron chi connectivity index (χ0n) is 24.1. The SMILES string of the molecule is Cc1cccc2c(-c3ccccc3)c3c(-c4ccccc4)c4ccccc4c(-c4ccccc4)c3c(-c3ccccc3)c12. The van der Waals surface area contributed by atoms with Gasteiger partial charge >= 0.3 is 0 Å². The van der Waals surface area contributed by atoms with Crippen molar-refractivity contribution < 1.29 is 0 Å². The summed E-state index contributed by atoms with van der Waals surface area (Å²) in [6, 6.07) is 59.7. The van der Waals surface area contributed by atoms with Crippen LogP contribution in [0.15, 0.2) is 164 Å². The minimum absolute atomic E-state index is 1.23. The lowest BCUT2D eigenvalue weighted by atomic mass is 9.77. The summed E-state index contributed by atoms with van der Waals surface area (Å²) in [5, 5.41) is 7.73. The van der Waals surface area contributed by atoms with Crippen LogP contribution < -0.4 is 0 Å². The first kappa shape index (κ1) is 25.3. The summed E-state index contributed by atoms with van der Waals surface area (Å²) in [6.07, 6.45) is 0. The molecule has 0 aromatic heterocycles. The zero-order valence-corrected chi connectivity index (χ0v) is 24.1. The van der Waals surface area contributed by atoms with E-state index in [-0.39, 0.29) is 0 Å². The summed E-state index contributed by atoms with van der Waals surface area (Å²) in [6.45, 7) is 2.26.